The lowest BCUT2D eigenvalue weighted by molar-refractivity contribution is 0.457. The first-order valence-electron chi connectivity index (χ1n) is 8.95. The van der Waals surface area contributed by atoms with Gasteiger partial charge in [-0.25, -0.2) is 9.37 Å². The highest BCUT2D eigenvalue weighted by molar-refractivity contribution is 6.31. The van der Waals surface area contributed by atoms with Crippen LogP contribution >= 0.6 is 11.6 Å². The molecule has 2 heterocycles. The minimum absolute atomic E-state index is 0.0242. The molecule has 0 radical (unpaired) electrons. The van der Waals surface area contributed by atoms with Gasteiger partial charge in [0, 0.05) is 10.6 Å². The van der Waals surface area contributed by atoms with E-state index in [0.29, 0.717) is 17.0 Å². The van der Waals surface area contributed by atoms with Crippen LogP contribution in [0.5, 0.6) is 0 Å². The van der Waals surface area contributed by atoms with E-state index in [2.05, 4.69) is 22.0 Å². The molecule has 4 aromatic rings. The summed E-state index contributed by atoms with van der Waals surface area (Å²) in [6.45, 7) is 0. The van der Waals surface area contributed by atoms with Gasteiger partial charge in [0.25, 0.3) is 0 Å². The normalized spacial score (nSPS) is 18.9. The maximum Gasteiger partial charge on any atom is 0.204 e. The predicted molar refractivity (Wildman–Crippen MR) is 107 cm³/mol. The number of nitrogens with zero attached hydrogens (tertiary/aromatic N) is 2. The van der Waals surface area contributed by atoms with Crippen LogP contribution in [0, 0.1) is 5.82 Å². The summed E-state index contributed by atoms with van der Waals surface area (Å²) in [6.07, 6.45) is 0.679. The number of benzene rings is 3. The van der Waals surface area contributed by atoms with Gasteiger partial charge in [-0.15, -0.1) is 0 Å². The molecule has 0 saturated carbocycles. The van der Waals surface area contributed by atoms with E-state index in [4.69, 9.17) is 16.6 Å². The average Bonchev–Trinajstić information content (AvgIpc) is 3.07. The van der Waals surface area contributed by atoms with Crippen molar-refractivity contribution in [1.82, 2.24) is 9.55 Å². The second kappa shape index (κ2) is 6.39. The molecule has 2 atom stereocenters. The SMILES string of the molecule is Fc1cccc(Cl)c1[C@H]1C[C@H](c2ccccc2)Nc2nc3ccccc3n21. The van der Waals surface area contributed by atoms with Gasteiger partial charge in [-0.3, -0.25) is 0 Å². The van der Waals surface area contributed by atoms with E-state index in [1.165, 1.54) is 6.07 Å². The number of halogens is 2. The van der Waals surface area contributed by atoms with Crippen LogP contribution in [-0.4, -0.2) is 9.55 Å². The van der Waals surface area contributed by atoms with Crippen LogP contribution in [0.1, 0.15) is 29.6 Å². The van der Waals surface area contributed by atoms with Crippen LogP contribution in [0.3, 0.4) is 0 Å². The number of hydrogen-bond acceptors (Lipinski definition) is 2. The summed E-state index contributed by atoms with van der Waals surface area (Å²) in [7, 11) is 0. The molecule has 1 aliphatic rings. The molecule has 3 nitrogen and oxygen atoms in total. The van der Waals surface area contributed by atoms with Crippen molar-refractivity contribution < 1.29 is 4.39 Å². The van der Waals surface area contributed by atoms with Crippen molar-refractivity contribution in [3.63, 3.8) is 0 Å². The molecular weight excluding hydrogens is 361 g/mol. The second-order valence-corrected chi connectivity index (χ2v) is 7.20. The van der Waals surface area contributed by atoms with Crippen molar-refractivity contribution in [2.24, 2.45) is 0 Å². The van der Waals surface area contributed by atoms with Gasteiger partial charge in [0.1, 0.15) is 5.82 Å². The summed E-state index contributed by atoms with van der Waals surface area (Å²) >= 11 is 6.45. The van der Waals surface area contributed by atoms with E-state index in [1.807, 2.05) is 42.5 Å². The molecule has 1 aliphatic heterocycles. The van der Waals surface area contributed by atoms with Crippen LogP contribution in [0.2, 0.25) is 5.02 Å². The van der Waals surface area contributed by atoms with Gasteiger partial charge in [-0.1, -0.05) is 60.1 Å². The Kier molecular flexibility index (Phi) is 3.87. The summed E-state index contributed by atoms with van der Waals surface area (Å²) in [6, 6.07) is 22.7. The molecule has 5 rings (SSSR count). The molecule has 3 aromatic carbocycles. The van der Waals surface area contributed by atoms with Crippen LogP contribution < -0.4 is 5.32 Å². The number of nitrogens with one attached hydrogen (secondary N) is 1. The molecule has 5 heteroatoms. The first-order valence-corrected chi connectivity index (χ1v) is 9.32. The zero-order valence-corrected chi connectivity index (χ0v) is 15.2. The zero-order chi connectivity index (χ0) is 18.4. The van der Waals surface area contributed by atoms with E-state index in [9.17, 15) is 4.39 Å². The molecule has 0 aliphatic carbocycles. The average molecular weight is 378 g/mol. The Morgan fingerprint density at radius 2 is 1.74 bits per heavy atom. The number of imidazole rings is 1. The Morgan fingerprint density at radius 3 is 2.56 bits per heavy atom. The van der Waals surface area contributed by atoms with E-state index in [0.717, 1.165) is 22.5 Å². The second-order valence-electron chi connectivity index (χ2n) is 6.79. The van der Waals surface area contributed by atoms with Crippen LogP contribution in [0.15, 0.2) is 72.8 Å². The molecule has 27 heavy (non-hydrogen) atoms. The van der Waals surface area contributed by atoms with Gasteiger partial charge in [0.05, 0.1) is 23.1 Å². The van der Waals surface area contributed by atoms with Crippen molar-refractivity contribution in [2.75, 3.05) is 5.32 Å². The minimum atomic E-state index is -0.287. The maximum absolute atomic E-state index is 14.8. The van der Waals surface area contributed by atoms with Crippen LogP contribution in [0.4, 0.5) is 10.3 Å². The lowest BCUT2D eigenvalue weighted by Crippen LogP contribution is -2.28. The van der Waals surface area contributed by atoms with Gasteiger partial charge in [0.15, 0.2) is 0 Å². The van der Waals surface area contributed by atoms with Gasteiger partial charge < -0.3 is 9.88 Å². The van der Waals surface area contributed by atoms with Crippen molar-refractivity contribution in [3.05, 3.63) is 94.8 Å². The van der Waals surface area contributed by atoms with Gasteiger partial charge in [-0.05, 0) is 36.2 Å². The van der Waals surface area contributed by atoms with Crippen molar-refractivity contribution in [3.8, 4) is 0 Å². The van der Waals surface area contributed by atoms with E-state index >= 15 is 0 Å². The number of anilines is 1. The molecule has 0 fully saturated rings. The number of hydrogen-bond donors (Lipinski definition) is 1. The molecule has 0 saturated heterocycles. The van der Waals surface area contributed by atoms with Crippen molar-refractivity contribution >= 4 is 28.6 Å². The molecule has 134 valence electrons. The molecule has 0 spiro atoms. The van der Waals surface area contributed by atoms with Gasteiger partial charge in [-0.2, -0.15) is 0 Å². The number of para-hydroxylation sites is 2. The largest absolute Gasteiger partial charge is 0.349 e. The quantitative estimate of drug-likeness (QED) is 0.466. The molecule has 1 aromatic heterocycles. The molecule has 1 N–H and O–H groups in total. The number of rotatable bonds is 2. The van der Waals surface area contributed by atoms with Gasteiger partial charge >= 0.3 is 0 Å². The third-order valence-corrected chi connectivity index (χ3v) is 5.53. The Bertz CT molecular complexity index is 1100. The topological polar surface area (TPSA) is 29.9 Å². The smallest absolute Gasteiger partial charge is 0.204 e. The van der Waals surface area contributed by atoms with E-state index in [-0.39, 0.29) is 17.9 Å². The fourth-order valence-electron chi connectivity index (χ4n) is 3.99. The lowest BCUT2D eigenvalue weighted by Gasteiger charge is -2.34. The van der Waals surface area contributed by atoms with Crippen LogP contribution in [0.25, 0.3) is 11.0 Å². The fraction of sp³-hybridized carbons (Fsp3) is 0.136. The lowest BCUT2D eigenvalue weighted by atomic mass is 9.92. The Balaban J connectivity index is 1.73. The van der Waals surface area contributed by atoms with Crippen molar-refractivity contribution in [1.29, 1.82) is 0 Å². The van der Waals surface area contributed by atoms with E-state index in [1.54, 1.807) is 12.1 Å². The highest BCUT2D eigenvalue weighted by Crippen LogP contribution is 2.43. The molecule has 0 amide bonds. The summed E-state index contributed by atoms with van der Waals surface area (Å²) in [5.41, 5.74) is 3.52. The minimum Gasteiger partial charge on any atom is -0.349 e. The van der Waals surface area contributed by atoms with Gasteiger partial charge in [0.2, 0.25) is 5.95 Å². The number of fused-ring (bicyclic) bond motifs is 3. The van der Waals surface area contributed by atoms with Crippen LogP contribution in [-0.2, 0) is 0 Å². The number of aromatic nitrogens is 2. The fourth-order valence-corrected chi connectivity index (χ4v) is 4.27. The monoisotopic (exact) mass is 377 g/mol. The zero-order valence-electron chi connectivity index (χ0n) is 14.4. The Labute approximate surface area is 161 Å². The maximum atomic E-state index is 14.8. The summed E-state index contributed by atoms with van der Waals surface area (Å²) in [5, 5.41) is 3.97. The predicted octanol–water partition coefficient (Wildman–Crippen LogP) is 5.98. The standard InChI is InChI=1S/C22H17ClFN3/c23-15-9-6-10-16(24)21(15)20-13-18(14-7-2-1-3-8-14)26-22-25-17-11-4-5-12-19(17)27(20)22/h1-12,18,20H,13H2,(H,25,26)/t18-,20-/m1/s1. The molecular formula is C22H17ClFN3. The first kappa shape index (κ1) is 16.3. The first-order chi connectivity index (χ1) is 13.2. The third-order valence-electron chi connectivity index (χ3n) is 5.20. The summed E-state index contributed by atoms with van der Waals surface area (Å²) in [5.74, 6) is 0.450. The highest BCUT2D eigenvalue weighted by Gasteiger charge is 2.33. The Morgan fingerprint density at radius 1 is 0.963 bits per heavy atom. The molecule has 0 unspecified atom stereocenters. The van der Waals surface area contributed by atoms with Crippen molar-refractivity contribution in [2.45, 2.75) is 18.5 Å². The highest BCUT2D eigenvalue weighted by atomic mass is 35.5. The summed E-state index contributed by atoms with van der Waals surface area (Å²) in [4.78, 5) is 4.75. The summed E-state index contributed by atoms with van der Waals surface area (Å²) < 4.78 is 16.9. The Hall–Kier alpha value is -2.85. The molecule has 0 bridgehead atoms. The van der Waals surface area contributed by atoms with E-state index < -0.39 is 0 Å². The third kappa shape index (κ3) is 2.68.